The highest BCUT2D eigenvalue weighted by atomic mass is 32.2. The van der Waals surface area contributed by atoms with Gasteiger partial charge in [0.05, 0.1) is 11.3 Å². The van der Waals surface area contributed by atoms with Crippen LogP contribution in [0.3, 0.4) is 0 Å². The highest BCUT2D eigenvalue weighted by molar-refractivity contribution is 7.89. The van der Waals surface area contributed by atoms with Crippen molar-refractivity contribution < 1.29 is 44.3 Å². The van der Waals surface area contributed by atoms with Gasteiger partial charge in [0.15, 0.2) is 0 Å². The van der Waals surface area contributed by atoms with Gasteiger partial charge in [-0.2, -0.15) is 13.2 Å². The SMILES string of the molecule is O=C1NC(c2cccc(OC(F)(F)F)c2)=NC12CCN(S(=O)(=O)CCc1ccccc1C(F)(F)F)CC2. The number of hydrogen-bond donors (Lipinski definition) is 1. The number of ether oxygens (including phenoxy) is 1. The topological polar surface area (TPSA) is 88.1 Å². The summed E-state index contributed by atoms with van der Waals surface area (Å²) in [4.78, 5) is 17.1. The van der Waals surface area contributed by atoms with Gasteiger partial charge < -0.3 is 10.1 Å². The lowest BCUT2D eigenvalue weighted by molar-refractivity contribution is -0.274. The molecule has 2 aliphatic heterocycles. The van der Waals surface area contributed by atoms with Crippen LogP contribution in [0.1, 0.15) is 29.5 Å². The Bertz CT molecular complexity index is 1320. The summed E-state index contributed by atoms with van der Waals surface area (Å²) < 4.78 is 108. The van der Waals surface area contributed by atoms with Crippen LogP contribution in [-0.4, -0.2) is 55.2 Å². The Kier molecular flexibility index (Phi) is 7.01. The molecule has 14 heteroatoms. The lowest BCUT2D eigenvalue weighted by Crippen LogP contribution is -2.50. The average Bonchev–Trinajstić information content (AvgIpc) is 3.12. The summed E-state index contributed by atoms with van der Waals surface area (Å²) in [6.45, 7) is -0.185. The number of rotatable bonds is 6. The van der Waals surface area contributed by atoms with E-state index in [1.54, 1.807) is 0 Å². The number of hydrogen-bond acceptors (Lipinski definition) is 5. The fourth-order valence-corrected chi connectivity index (χ4v) is 5.82. The molecule has 4 rings (SSSR count). The number of sulfonamides is 1. The number of amidine groups is 1. The van der Waals surface area contributed by atoms with Crippen molar-refractivity contribution in [3.8, 4) is 5.75 Å². The molecule has 0 bridgehead atoms. The van der Waals surface area contributed by atoms with Crippen LogP contribution < -0.4 is 10.1 Å². The third-order valence-electron chi connectivity index (χ3n) is 6.22. The maximum atomic E-state index is 13.2. The predicted octanol–water partition coefficient (Wildman–Crippen LogP) is 3.89. The van der Waals surface area contributed by atoms with E-state index in [0.717, 1.165) is 22.5 Å². The highest BCUT2D eigenvalue weighted by Gasteiger charge is 2.47. The Morgan fingerprint density at radius 1 is 1.00 bits per heavy atom. The number of aryl methyl sites for hydroxylation is 1. The Hall–Kier alpha value is -3.13. The number of carbonyl (C=O) groups excluding carboxylic acids is 1. The predicted molar refractivity (Wildman–Crippen MR) is 120 cm³/mol. The largest absolute Gasteiger partial charge is 0.573 e. The molecule has 2 aromatic carbocycles. The number of benzene rings is 2. The number of piperidine rings is 1. The molecule has 0 saturated carbocycles. The van der Waals surface area contributed by atoms with Crippen molar-refractivity contribution in [2.45, 2.75) is 37.3 Å². The molecule has 1 saturated heterocycles. The quantitative estimate of drug-likeness (QED) is 0.554. The van der Waals surface area contributed by atoms with Crippen LogP contribution in [0.2, 0.25) is 0 Å². The second-order valence-electron chi connectivity index (χ2n) is 8.64. The molecule has 7 nitrogen and oxygen atoms in total. The van der Waals surface area contributed by atoms with Crippen molar-refractivity contribution in [1.29, 1.82) is 0 Å². The summed E-state index contributed by atoms with van der Waals surface area (Å²) in [6.07, 6.45) is -9.84. The molecule has 200 valence electrons. The van der Waals surface area contributed by atoms with Crippen LogP contribution in [0, 0.1) is 0 Å². The summed E-state index contributed by atoms with van der Waals surface area (Å²) in [5.74, 6) is -1.51. The van der Waals surface area contributed by atoms with Crippen LogP contribution in [0.25, 0.3) is 0 Å². The Balaban J connectivity index is 1.44. The minimum absolute atomic E-state index is 0.000552. The van der Waals surface area contributed by atoms with E-state index < -0.39 is 51.1 Å². The summed E-state index contributed by atoms with van der Waals surface area (Å²) in [5.41, 5.74) is -2.14. The lowest BCUT2D eigenvalue weighted by Gasteiger charge is -2.34. The third kappa shape index (κ3) is 6.06. The zero-order chi connectivity index (χ0) is 27.1. The van der Waals surface area contributed by atoms with Gasteiger partial charge in [-0.25, -0.2) is 12.7 Å². The molecule has 0 radical (unpaired) electrons. The maximum absolute atomic E-state index is 13.2. The molecule has 1 amide bonds. The molecular weight excluding hydrogens is 528 g/mol. The molecule has 37 heavy (non-hydrogen) atoms. The van der Waals surface area contributed by atoms with Crippen LogP contribution in [0.15, 0.2) is 53.5 Å². The highest BCUT2D eigenvalue weighted by Crippen LogP contribution is 2.34. The van der Waals surface area contributed by atoms with Crippen LogP contribution >= 0.6 is 0 Å². The first-order valence-corrected chi connectivity index (χ1v) is 12.7. The van der Waals surface area contributed by atoms with E-state index in [2.05, 4.69) is 15.0 Å². The smallest absolute Gasteiger partial charge is 0.406 e. The van der Waals surface area contributed by atoms with Crippen molar-refractivity contribution >= 4 is 21.8 Å². The number of amides is 1. The summed E-state index contributed by atoms with van der Waals surface area (Å²) in [5, 5.41) is 2.54. The van der Waals surface area contributed by atoms with Crippen LogP contribution in [0.4, 0.5) is 26.3 Å². The number of halogens is 6. The van der Waals surface area contributed by atoms with Gasteiger partial charge in [-0.15, -0.1) is 13.2 Å². The van der Waals surface area contributed by atoms with Crippen molar-refractivity contribution in [1.82, 2.24) is 9.62 Å². The second-order valence-corrected chi connectivity index (χ2v) is 10.7. The zero-order valence-electron chi connectivity index (χ0n) is 19.1. The van der Waals surface area contributed by atoms with E-state index in [0.29, 0.717) is 0 Å². The van der Waals surface area contributed by atoms with E-state index in [1.165, 1.54) is 30.3 Å². The van der Waals surface area contributed by atoms with Crippen molar-refractivity contribution in [2.24, 2.45) is 4.99 Å². The number of nitrogens with zero attached hydrogens (tertiary/aromatic N) is 2. The summed E-state index contributed by atoms with van der Waals surface area (Å²) >= 11 is 0. The molecular formula is C23H21F6N3O4S. The van der Waals surface area contributed by atoms with E-state index in [9.17, 15) is 39.6 Å². The zero-order valence-corrected chi connectivity index (χ0v) is 19.9. The molecule has 1 fully saturated rings. The van der Waals surface area contributed by atoms with E-state index in [-0.39, 0.29) is 49.3 Å². The van der Waals surface area contributed by atoms with Crippen molar-refractivity contribution in [3.63, 3.8) is 0 Å². The van der Waals surface area contributed by atoms with Crippen molar-refractivity contribution in [3.05, 3.63) is 65.2 Å². The molecule has 2 aliphatic rings. The van der Waals surface area contributed by atoms with Gasteiger partial charge in [-0.1, -0.05) is 30.3 Å². The summed E-state index contributed by atoms with van der Waals surface area (Å²) in [6, 6.07) is 9.68. The molecule has 0 atom stereocenters. The Morgan fingerprint density at radius 3 is 2.32 bits per heavy atom. The molecule has 1 N–H and O–H groups in total. The van der Waals surface area contributed by atoms with Gasteiger partial charge in [0.1, 0.15) is 17.1 Å². The number of carbonyl (C=O) groups is 1. The van der Waals surface area contributed by atoms with Gasteiger partial charge in [-0.3, -0.25) is 9.79 Å². The molecule has 0 aromatic heterocycles. The van der Waals surface area contributed by atoms with Gasteiger partial charge in [0, 0.05) is 18.7 Å². The Labute approximate surface area is 208 Å². The summed E-state index contributed by atoms with van der Waals surface area (Å²) in [7, 11) is -3.93. The number of alkyl halides is 6. The first-order valence-electron chi connectivity index (χ1n) is 11.1. The van der Waals surface area contributed by atoms with Gasteiger partial charge >= 0.3 is 12.5 Å². The van der Waals surface area contributed by atoms with Gasteiger partial charge in [0.25, 0.3) is 5.91 Å². The molecule has 1 spiro atoms. The monoisotopic (exact) mass is 549 g/mol. The van der Waals surface area contributed by atoms with Gasteiger partial charge in [0.2, 0.25) is 10.0 Å². The van der Waals surface area contributed by atoms with Crippen LogP contribution in [0.5, 0.6) is 5.75 Å². The fraction of sp³-hybridized carbons (Fsp3) is 0.391. The number of aliphatic imine (C=N–C) groups is 1. The van der Waals surface area contributed by atoms with E-state index in [4.69, 9.17) is 0 Å². The van der Waals surface area contributed by atoms with Gasteiger partial charge in [-0.05, 0) is 43.0 Å². The molecule has 0 aliphatic carbocycles. The molecule has 2 heterocycles. The third-order valence-corrected chi connectivity index (χ3v) is 8.09. The van der Waals surface area contributed by atoms with E-state index in [1.807, 2.05) is 0 Å². The minimum Gasteiger partial charge on any atom is -0.406 e. The first kappa shape index (κ1) is 26.9. The van der Waals surface area contributed by atoms with Crippen molar-refractivity contribution in [2.75, 3.05) is 18.8 Å². The normalized spacial score (nSPS) is 18.5. The standard InChI is InChI=1S/C23H21F6N3O4S/c24-22(25,26)18-7-2-1-4-15(18)8-13-37(34,35)32-11-9-21(10-12-32)20(33)30-19(31-21)16-5-3-6-17(14-16)36-23(27,28)29/h1-7,14H,8-13H2,(H,30,31,33). The second kappa shape index (κ2) is 9.63. The molecule has 0 unspecified atom stereocenters. The minimum atomic E-state index is -4.90. The molecule has 2 aromatic rings. The van der Waals surface area contributed by atoms with E-state index >= 15 is 0 Å². The van der Waals surface area contributed by atoms with Crippen LogP contribution in [-0.2, 0) is 27.4 Å². The fourth-order valence-electron chi connectivity index (χ4n) is 4.35. The maximum Gasteiger partial charge on any atom is 0.573 e. The lowest BCUT2D eigenvalue weighted by atomic mass is 9.89. The average molecular weight is 549 g/mol. The number of nitrogens with one attached hydrogen (secondary N) is 1. The first-order chi connectivity index (χ1) is 17.2. The Morgan fingerprint density at radius 2 is 1.68 bits per heavy atom.